The maximum atomic E-state index is 13.3. The van der Waals surface area contributed by atoms with E-state index in [4.69, 9.17) is 9.47 Å². The molecule has 0 saturated heterocycles. The lowest BCUT2D eigenvalue weighted by Crippen LogP contribution is -2.35. The molecule has 0 heterocycles. The van der Waals surface area contributed by atoms with Crippen LogP contribution in [0, 0.1) is 11.6 Å². The van der Waals surface area contributed by atoms with Crippen LogP contribution in [0.4, 0.5) is 8.78 Å². The zero-order valence-electron chi connectivity index (χ0n) is 10.2. The topological polar surface area (TPSA) is 47.6 Å². The van der Waals surface area contributed by atoms with Crippen LogP contribution in [-0.4, -0.2) is 33.0 Å². The highest BCUT2D eigenvalue weighted by Gasteiger charge is 2.13. The zero-order chi connectivity index (χ0) is 13.5. The van der Waals surface area contributed by atoms with Crippen LogP contribution in [0.25, 0.3) is 0 Å². The van der Waals surface area contributed by atoms with Crippen LogP contribution in [0.1, 0.15) is 5.56 Å². The minimum absolute atomic E-state index is 0.0129. The summed E-state index contributed by atoms with van der Waals surface area (Å²) >= 11 is 0. The highest BCUT2D eigenvalue weighted by molar-refractivity contribution is 5.78. The van der Waals surface area contributed by atoms with E-state index in [1.54, 1.807) is 0 Å². The normalized spacial score (nSPS) is 10.7. The second-order valence-corrected chi connectivity index (χ2v) is 3.59. The van der Waals surface area contributed by atoms with E-state index in [9.17, 15) is 13.6 Å². The summed E-state index contributed by atoms with van der Waals surface area (Å²) in [5, 5.41) is 2.50. The maximum absolute atomic E-state index is 13.3. The number of ether oxygens (including phenoxy) is 2. The highest BCUT2D eigenvalue weighted by Crippen LogP contribution is 2.11. The van der Waals surface area contributed by atoms with Crippen LogP contribution in [0.2, 0.25) is 0 Å². The summed E-state index contributed by atoms with van der Waals surface area (Å²) < 4.78 is 35.9. The number of carbonyl (C=O) groups excluding carboxylic acids is 1. The largest absolute Gasteiger partial charge is 0.354 e. The Hall–Kier alpha value is -1.53. The van der Waals surface area contributed by atoms with Gasteiger partial charge in [0, 0.05) is 19.8 Å². The fourth-order valence-corrected chi connectivity index (χ4v) is 1.38. The average Bonchev–Trinajstić information content (AvgIpc) is 2.36. The average molecular weight is 259 g/mol. The molecule has 0 aliphatic heterocycles. The summed E-state index contributed by atoms with van der Waals surface area (Å²) in [5.74, 6) is -2.40. The van der Waals surface area contributed by atoms with Gasteiger partial charge in [0.1, 0.15) is 0 Å². The first-order valence-corrected chi connectivity index (χ1v) is 5.33. The van der Waals surface area contributed by atoms with E-state index in [0.717, 1.165) is 6.07 Å². The molecule has 1 amide bonds. The van der Waals surface area contributed by atoms with Crippen LogP contribution < -0.4 is 5.32 Å². The molecule has 0 saturated carbocycles. The summed E-state index contributed by atoms with van der Waals surface area (Å²) in [4.78, 5) is 11.5. The molecule has 0 unspecified atom stereocenters. The van der Waals surface area contributed by atoms with Crippen molar-refractivity contribution in [2.45, 2.75) is 12.7 Å². The summed E-state index contributed by atoms with van der Waals surface area (Å²) in [7, 11) is 2.87. The third-order valence-corrected chi connectivity index (χ3v) is 2.37. The first-order valence-electron chi connectivity index (χ1n) is 5.33. The van der Waals surface area contributed by atoms with Gasteiger partial charge in [-0.05, 0) is 6.07 Å². The second kappa shape index (κ2) is 7.03. The zero-order valence-corrected chi connectivity index (χ0v) is 10.2. The van der Waals surface area contributed by atoms with Crippen molar-refractivity contribution in [3.63, 3.8) is 0 Å². The lowest BCUT2D eigenvalue weighted by Gasteiger charge is -2.14. The van der Waals surface area contributed by atoms with Gasteiger partial charge in [0.25, 0.3) is 0 Å². The first kappa shape index (κ1) is 14.5. The van der Waals surface area contributed by atoms with Crippen LogP contribution in [0.3, 0.4) is 0 Å². The van der Waals surface area contributed by atoms with Crippen molar-refractivity contribution in [2.24, 2.45) is 0 Å². The summed E-state index contributed by atoms with van der Waals surface area (Å²) in [5.41, 5.74) is 0.0129. The molecule has 1 aromatic rings. The number of rotatable bonds is 6. The Kier molecular flexibility index (Phi) is 5.67. The number of hydrogen-bond acceptors (Lipinski definition) is 3. The van der Waals surface area contributed by atoms with Crippen molar-refractivity contribution in [1.29, 1.82) is 0 Å². The van der Waals surface area contributed by atoms with Crippen molar-refractivity contribution < 1.29 is 23.0 Å². The van der Waals surface area contributed by atoms with Gasteiger partial charge in [0.2, 0.25) is 5.91 Å². The number of carbonyl (C=O) groups is 1. The van der Waals surface area contributed by atoms with Gasteiger partial charge in [-0.25, -0.2) is 8.78 Å². The first-order chi connectivity index (χ1) is 8.58. The van der Waals surface area contributed by atoms with Crippen LogP contribution >= 0.6 is 0 Å². The third kappa shape index (κ3) is 4.05. The van der Waals surface area contributed by atoms with Crippen LogP contribution in [-0.2, 0) is 20.7 Å². The summed E-state index contributed by atoms with van der Waals surface area (Å²) in [6, 6.07) is 3.72. The molecule has 1 N–H and O–H groups in total. The molecule has 0 aromatic heterocycles. The smallest absolute Gasteiger partial charge is 0.224 e. The standard InChI is InChI=1S/C12H15F2NO3/c1-17-11(18-2)7-15-10(16)6-8-4-3-5-9(13)12(8)14/h3-5,11H,6-7H2,1-2H3,(H,15,16). The van der Waals surface area contributed by atoms with E-state index in [0.29, 0.717) is 0 Å². The molecule has 0 bridgehead atoms. The summed E-state index contributed by atoms with van der Waals surface area (Å²) in [6.07, 6.45) is -0.796. The molecule has 0 aliphatic carbocycles. The lowest BCUT2D eigenvalue weighted by molar-refractivity contribution is -0.126. The molecule has 18 heavy (non-hydrogen) atoms. The van der Waals surface area contributed by atoms with E-state index in [-0.39, 0.29) is 18.5 Å². The van der Waals surface area contributed by atoms with E-state index in [1.165, 1.54) is 26.4 Å². The van der Waals surface area contributed by atoms with Crippen LogP contribution in [0.5, 0.6) is 0 Å². The molecule has 1 aromatic carbocycles. The van der Waals surface area contributed by atoms with Gasteiger partial charge in [-0.2, -0.15) is 0 Å². The van der Waals surface area contributed by atoms with Crippen molar-refractivity contribution in [1.82, 2.24) is 5.32 Å². The van der Waals surface area contributed by atoms with Crippen molar-refractivity contribution in [3.05, 3.63) is 35.4 Å². The number of benzene rings is 1. The Morgan fingerprint density at radius 1 is 1.33 bits per heavy atom. The van der Waals surface area contributed by atoms with Crippen molar-refractivity contribution >= 4 is 5.91 Å². The third-order valence-electron chi connectivity index (χ3n) is 2.37. The van der Waals surface area contributed by atoms with Gasteiger partial charge < -0.3 is 14.8 Å². The van der Waals surface area contributed by atoms with Gasteiger partial charge in [-0.1, -0.05) is 12.1 Å². The molecule has 0 aliphatic rings. The number of nitrogens with one attached hydrogen (secondary N) is 1. The monoisotopic (exact) mass is 259 g/mol. The number of halogens is 2. The number of methoxy groups -OCH3 is 2. The highest BCUT2D eigenvalue weighted by atomic mass is 19.2. The minimum atomic E-state index is -0.998. The Balaban J connectivity index is 2.52. The summed E-state index contributed by atoms with van der Waals surface area (Å²) in [6.45, 7) is 0.142. The molecule has 4 nitrogen and oxygen atoms in total. The Labute approximate surface area is 104 Å². The fraction of sp³-hybridized carbons (Fsp3) is 0.417. The molecule has 6 heteroatoms. The van der Waals surface area contributed by atoms with Crippen LogP contribution in [0.15, 0.2) is 18.2 Å². The SMILES string of the molecule is COC(CNC(=O)Cc1cccc(F)c1F)OC. The molecule has 0 radical (unpaired) electrons. The quantitative estimate of drug-likeness (QED) is 0.782. The maximum Gasteiger partial charge on any atom is 0.224 e. The molecule has 0 spiro atoms. The Morgan fingerprint density at radius 2 is 2.00 bits per heavy atom. The molecular weight excluding hydrogens is 244 g/mol. The van der Waals surface area contributed by atoms with Crippen molar-refractivity contribution in [3.8, 4) is 0 Å². The fourth-order valence-electron chi connectivity index (χ4n) is 1.38. The van der Waals surface area contributed by atoms with Crippen molar-refractivity contribution in [2.75, 3.05) is 20.8 Å². The molecule has 100 valence electrons. The van der Waals surface area contributed by atoms with E-state index >= 15 is 0 Å². The number of hydrogen-bond donors (Lipinski definition) is 1. The molecule has 0 atom stereocenters. The predicted molar refractivity (Wildman–Crippen MR) is 60.9 cm³/mol. The van der Waals surface area contributed by atoms with Gasteiger partial charge in [-0.15, -0.1) is 0 Å². The number of amides is 1. The Bertz CT molecular complexity index is 408. The minimum Gasteiger partial charge on any atom is -0.354 e. The van der Waals surface area contributed by atoms with Gasteiger partial charge >= 0.3 is 0 Å². The lowest BCUT2D eigenvalue weighted by atomic mass is 10.1. The molecule has 0 fully saturated rings. The second-order valence-electron chi connectivity index (χ2n) is 3.59. The van der Waals surface area contributed by atoms with Gasteiger partial charge in [0.05, 0.1) is 13.0 Å². The molecular formula is C12H15F2NO3. The predicted octanol–water partition coefficient (Wildman–Crippen LogP) is 1.24. The van der Waals surface area contributed by atoms with E-state index in [1.807, 2.05) is 0 Å². The Morgan fingerprint density at radius 3 is 2.61 bits per heavy atom. The molecule has 1 rings (SSSR count). The van der Waals surface area contributed by atoms with E-state index < -0.39 is 23.8 Å². The van der Waals surface area contributed by atoms with Gasteiger partial charge in [0.15, 0.2) is 17.9 Å². The van der Waals surface area contributed by atoms with Gasteiger partial charge in [-0.3, -0.25) is 4.79 Å². The van der Waals surface area contributed by atoms with E-state index in [2.05, 4.69) is 5.32 Å².